The molecule has 0 radical (unpaired) electrons. The van der Waals surface area contributed by atoms with Crippen molar-refractivity contribution < 1.29 is 27.8 Å². The van der Waals surface area contributed by atoms with Crippen molar-refractivity contribution >= 4 is 17.9 Å². The Morgan fingerprint density at radius 3 is 2.58 bits per heavy atom. The van der Waals surface area contributed by atoms with Crippen LogP contribution in [0.4, 0.5) is 14.5 Å². The topological polar surface area (TPSA) is 99.4 Å². The third-order valence-corrected chi connectivity index (χ3v) is 7.32. The van der Waals surface area contributed by atoms with Crippen LogP contribution in [0.15, 0.2) is 36.8 Å². The molecule has 1 atom stereocenters. The molecule has 0 N–H and O–H groups in total. The fourth-order valence-corrected chi connectivity index (χ4v) is 5.10. The van der Waals surface area contributed by atoms with E-state index in [1.807, 2.05) is 0 Å². The molecule has 1 aliphatic carbocycles. The minimum absolute atomic E-state index is 0.0713. The van der Waals surface area contributed by atoms with Crippen molar-refractivity contribution in [3.63, 3.8) is 0 Å². The summed E-state index contributed by atoms with van der Waals surface area (Å²) in [5.41, 5.74) is 1.09. The Balaban J connectivity index is 1.60. The van der Waals surface area contributed by atoms with Gasteiger partial charge in [-0.2, -0.15) is 15.0 Å². The minimum Gasteiger partial charge on any atom is -0.436 e. The van der Waals surface area contributed by atoms with Gasteiger partial charge >= 0.3 is 0 Å². The molecule has 0 spiro atoms. The number of alkyl halides is 1. The molecule has 0 aliphatic heterocycles. The van der Waals surface area contributed by atoms with Crippen molar-refractivity contribution in [3.8, 4) is 11.6 Å². The van der Waals surface area contributed by atoms with E-state index >= 15 is 4.39 Å². The smallest absolute Gasteiger partial charge is 0.230 e. The third kappa shape index (κ3) is 6.88. The molecule has 0 unspecified atom stereocenters. The normalized spacial score (nSPS) is 17.8. The van der Waals surface area contributed by atoms with Gasteiger partial charge in [0, 0.05) is 36.4 Å². The van der Waals surface area contributed by atoms with Gasteiger partial charge in [0.15, 0.2) is 17.9 Å². The predicted octanol–water partition coefficient (Wildman–Crippen LogP) is 5.32. The van der Waals surface area contributed by atoms with E-state index < -0.39 is 18.5 Å². The molecule has 1 fully saturated rings. The second kappa shape index (κ2) is 13.6. The van der Waals surface area contributed by atoms with Crippen LogP contribution < -0.4 is 9.64 Å². The Kier molecular flexibility index (Phi) is 9.92. The quantitative estimate of drug-likeness (QED) is 0.279. The summed E-state index contributed by atoms with van der Waals surface area (Å²) in [6.07, 6.45) is 9.07. The molecule has 1 aliphatic rings. The Hall–Kier alpha value is -3.73. The number of anilines is 1. The number of amides is 1. The Morgan fingerprint density at radius 2 is 1.93 bits per heavy atom. The number of ether oxygens (including phenoxy) is 2. The van der Waals surface area contributed by atoms with Crippen molar-refractivity contribution in [2.45, 2.75) is 65.2 Å². The maximum absolute atomic E-state index is 15.5. The number of halogens is 2. The molecule has 0 bridgehead atoms. The molecule has 2 heterocycles. The fourth-order valence-electron chi connectivity index (χ4n) is 5.10. The zero-order valence-electron chi connectivity index (χ0n) is 23.1. The van der Waals surface area contributed by atoms with Crippen LogP contribution in [0, 0.1) is 17.7 Å². The number of aryl methyl sites for hydroxylation is 2. The molecule has 9 nitrogen and oxygen atoms in total. The number of nitrogens with zero attached hydrogens (tertiary/aromatic N) is 5. The van der Waals surface area contributed by atoms with E-state index in [-0.39, 0.29) is 46.9 Å². The standard InChI is InChI=1S/C29H35F2N5O4/c1-19-4-6-22(7-5-19)29(38)36(20(2)18-39-3)26-14-25(31)27(13-24(26)17-37)40-28-23(15-30)12-21(16-32-28)8-11-35-33-9-10-34-35/h9-10,12-14,16-17,19-20,22H,4-8,11,15,18H2,1-3H3/t19-,20-,22-/m0/s1. The van der Waals surface area contributed by atoms with E-state index in [0.29, 0.717) is 25.2 Å². The maximum atomic E-state index is 15.5. The van der Waals surface area contributed by atoms with E-state index in [1.165, 1.54) is 29.1 Å². The number of hydrogen-bond acceptors (Lipinski definition) is 7. The Morgan fingerprint density at radius 1 is 1.20 bits per heavy atom. The average molecular weight is 556 g/mol. The van der Waals surface area contributed by atoms with Crippen molar-refractivity contribution in [3.05, 3.63) is 59.3 Å². The van der Waals surface area contributed by atoms with Gasteiger partial charge < -0.3 is 14.4 Å². The van der Waals surface area contributed by atoms with E-state index in [2.05, 4.69) is 22.1 Å². The second-order valence-electron chi connectivity index (χ2n) is 10.3. The van der Waals surface area contributed by atoms with E-state index in [4.69, 9.17) is 9.47 Å². The number of methoxy groups -OCH3 is 1. The monoisotopic (exact) mass is 555 g/mol. The van der Waals surface area contributed by atoms with Crippen LogP contribution in [0.25, 0.3) is 0 Å². The third-order valence-electron chi connectivity index (χ3n) is 7.32. The zero-order valence-corrected chi connectivity index (χ0v) is 23.1. The number of pyridine rings is 1. The molecule has 0 saturated heterocycles. The highest BCUT2D eigenvalue weighted by Gasteiger charge is 2.33. The van der Waals surface area contributed by atoms with Gasteiger partial charge in [-0.1, -0.05) is 6.92 Å². The van der Waals surface area contributed by atoms with Crippen LogP contribution in [0.2, 0.25) is 0 Å². The van der Waals surface area contributed by atoms with Gasteiger partial charge in [-0.3, -0.25) is 9.59 Å². The van der Waals surface area contributed by atoms with E-state index in [0.717, 1.165) is 37.3 Å². The summed E-state index contributed by atoms with van der Waals surface area (Å²) in [6.45, 7) is 3.77. The van der Waals surface area contributed by atoms with Crippen LogP contribution in [-0.4, -0.2) is 51.9 Å². The minimum atomic E-state index is -0.882. The molecule has 2 aromatic heterocycles. The first kappa shape index (κ1) is 29.3. The fraction of sp³-hybridized carbons (Fsp3) is 0.483. The molecular formula is C29H35F2N5O4. The van der Waals surface area contributed by atoms with Gasteiger partial charge in [-0.15, -0.1) is 0 Å². The summed E-state index contributed by atoms with van der Waals surface area (Å²) >= 11 is 0. The molecule has 3 aromatic rings. The first-order chi connectivity index (χ1) is 19.3. The maximum Gasteiger partial charge on any atom is 0.230 e. The number of hydrogen-bond donors (Lipinski definition) is 0. The van der Waals surface area contributed by atoms with Gasteiger partial charge in [0.25, 0.3) is 0 Å². The molecule has 1 aromatic carbocycles. The summed E-state index contributed by atoms with van der Waals surface area (Å²) in [7, 11) is 1.52. The van der Waals surface area contributed by atoms with Crippen molar-refractivity contribution in [1.82, 2.24) is 20.0 Å². The number of carbonyl (C=O) groups excluding carboxylic acids is 2. The summed E-state index contributed by atoms with van der Waals surface area (Å²) in [5.74, 6) is -1.02. The SMILES string of the molecule is COC[C@H](C)N(c1cc(F)c(Oc2ncc(CCn3nccn3)cc2CF)cc1C=O)C(=O)[C@H]1CC[C@H](C)CC1. The Bertz CT molecular complexity index is 1300. The highest BCUT2D eigenvalue weighted by molar-refractivity contribution is 6.00. The first-order valence-corrected chi connectivity index (χ1v) is 13.5. The molecule has 1 saturated carbocycles. The van der Waals surface area contributed by atoms with Gasteiger partial charge in [0.1, 0.15) is 6.67 Å². The zero-order chi connectivity index (χ0) is 28.6. The summed E-state index contributed by atoms with van der Waals surface area (Å²) < 4.78 is 40.3. The molecule has 4 rings (SSSR count). The van der Waals surface area contributed by atoms with Crippen molar-refractivity contribution in [2.24, 2.45) is 11.8 Å². The van der Waals surface area contributed by atoms with Gasteiger partial charge in [-0.05, 0) is 62.6 Å². The lowest BCUT2D eigenvalue weighted by Crippen LogP contribution is -2.45. The van der Waals surface area contributed by atoms with E-state index in [9.17, 15) is 14.0 Å². The van der Waals surface area contributed by atoms with Crippen LogP contribution in [0.5, 0.6) is 11.6 Å². The highest BCUT2D eigenvalue weighted by atomic mass is 19.1. The largest absolute Gasteiger partial charge is 0.436 e. The van der Waals surface area contributed by atoms with Gasteiger partial charge in [0.05, 0.1) is 37.3 Å². The summed E-state index contributed by atoms with van der Waals surface area (Å²) in [4.78, 5) is 33.0. The lowest BCUT2D eigenvalue weighted by atomic mass is 9.82. The number of aldehydes is 1. The average Bonchev–Trinajstić information content (AvgIpc) is 3.48. The van der Waals surface area contributed by atoms with Crippen LogP contribution in [-0.2, 0) is 29.2 Å². The number of benzene rings is 1. The molecule has 1 amide bonds. The second-order valence-corrected chi connectivity index (χ2v) is 10.3. The van der Waals surface area contributed by atoms with Crippen molar-refractivity contribution in [1.29, 1.82) is 0 Å². The van der Waals surface area contributed by atoms with Crippen molar-refractivity contribution in [2.75, 3.05) is 18.6 Å². The molecule has 214 valence electrons. The van der Waals surface area contributed by atoms with Crippen LogP contribution in [0.3, 0.4) is 0 Å². The number of aromatic nitrogens is 4. The first-order valence-electron chi connectivity index (χ1n) is 13.5. The molecule has 11 heteroatoms. The van der Waals surface area contributed by atoms with Crippen LogP contribution in [0.1, 0.15) is 61.0 Å². The van der Waals surface area contributed by atoms with Gasteiger partial charge in [-0.25, -0.2) is 13.8 Å². The lowest BCUT2D eigenvalue weighted by Gasteiger charge is -2.35. The lowest BCUT2D eigenvalue weighted by molar-refractivity contribution is -0.124. The van der Waals surface area contributed by atoms with Crippen LogP contribution >= 0.6 is 0 Å². The molecular weight excluding hydrogens is 520 g/mol. The number of carbonyl (C=O) groups is 2. The number of rotatable bonds is 12. The summed E-state index contributed by atoms with van der Waals surface area (Å²) in [5, 5.41) is 8.08. The van der Waals surface area contributed by atoms with Gasteiger partial charge in [0.2, 0.25) is 11.8 Å². The predicted molar refractivity (Wildman–Crippen MR) is 145 cm³/mol. The Labute approximate surface area is 232 Å². The molecule has 40 heavy (non-hydrogen) atoms. The van der Waals surface area contributed by atoms with E-state index in [1.54, 1.807) is 25.4 Å². The highest BCUT2D eigenvalue weighted by Crippen LogP contribution is 2.36. The summed E-state index contributed by atoms with van der Waals surface area (Å²) in [6, 6.07) is 3.50.